The first-order valence-electron chi connectivity index (χ1n) is 13.3. The molecule has 8 nitrogen and oxygen atoms in total. The van der Waals surface area contributed by atoms with Crippen molar-refractivity contribution < 1.29 is 24.2 Å². The summed E-state index contributed by atoms with van der Waals surface area (Å²) in [6.45, 7) is 4.01. The van der Waals surface area contributed by atoms with Crippen LogP contribution >= 0.6 is 0 Å². The van der Waals surface area contributed by atoms with Crippen molar-refractivity contribution >= 4 is 11.9 Å². The Bertz CT molecular complexity index is 944. The second-order valence-electron chi connectivity index (χ2n) is 11.4. The molecule has 5 fully saturated rings. The van der Waals surface area contributed by atoms with Gasteiger partial charge >= 0.3 is 5.97 Å². The van der Waals surface area contributed by atoms with Crippen LogP contribution in [0.2, 0.25) is 0 Å². The standard InChI is InChI=1S/C27H39N3O5/c1-3-9-35-25-20(5-6-21(29-25)26(15-22(31)34-2)7-4-8-28-16-26)24(32)30-23-18-10-17-11-19(23)14-27(33,12-17)13-18/h5-6,17-19,23,28,33H,3-4,7-16H2,1-2H3,(H,30,32)/t17?,18?,19?,23?,26-,27?/m0/s1. The number of rotatable bonds is 8. The van der Waals surface area contributed by atoms with E-state index in [-0.39, 0.29) is 24.3 Å². The summed E-state index contributed by atoms with van der Waals surface area (Å²) in [5, 5.41) is 17.6. The Morgan fingerprint density at radius 1 is 1.23 bits per heavy atom. The number of methoxy groups -OCH3 is 1. The molecule has 1 saturated heterocycles. The SMILES string of the molecule is CCCOc1nc([C@]2(CC(=O)OC)CCCNC2)ccc1C(=O)NC1C2CC3CC1CC(O)(C3)C2. The van der Waals surface area contributed by atoms with Gasteiger partial charge in [0.15, 0.2) is 0 Å². The van der Waals surface area contributed by atoms with E-state index < -0.39 is 11.0 Å². The van der Waals surface area contributed by atoms with Gasteiger partial charge in [-0.05, 0) is 87.8 Å². The van der Waals surface area contributed by atoms with Crippen LogP contribution < -0.4 is 15.4 Å². The maximum absolute atomic E-state index is 13.5. The Labute approximate surface area is 207 Å². The van der Waals surface area contributed by atoms with Crippen LogP contribution in [0.25, 0.3) is 0 Å². The Morgan fingerprint density at radius 3 is 2.63 bits per heavy atom. The summed E-state index contributed by atoms with van der Waals surface area (Å²) in [5.74, 6) is 1.16. The number of ether oxygens (including phenoxy) is 2. The highest BCUT2D eigenvalue weighted by Gasteiger charge is 2.55. The van der Waals surface area contributed by atoms with Crippen molar-refractivity contribution in [2.24, 2.45) is 17.8 Å². The quantitative estimate of drug-likeness (QED) is 0.486. The largest absolute Gasteiger partial charge is 0.477 e. The van der Waals surface area contributed by atoms with Gasteiger partial charge in [0.2, 0.25) is 5.88 Å². The van der Waals surface area contributed by atoms with E-state index in [2.05, 4.69) is 10.6 Å². The first-order chi connectivity index (χ1) is 16.8. The fourth-order valence-electron chi connectivity index (χ4n) is 7.44. The number of aliphatic hydroxyl groups is 1. The topological polar surface area (TPSA) is 110 Å². The van der Waals surface area contributed by atoms with Gasteiger partial charge in [-0.15, -0.1) is 0 Å². The number of hydrogen-bond donors (Lipinski definition) is 3. The van der Waals surface area contributed by atoms with Gasteiger partial charge in [0.25, 0.3) is 5.91 Å². The van der Waals surface area contributed by atoms with Gasteiger partial charge in [-0.3, -0.25) is 9.59 Å². The first kappa shape index (κ1) is 24.5. The molecule has 1 aromatic heterocycles. The van der Waals surface area contributed by atoms with Crippen molar-refractivity contribution in [2.75, 3.05) is 26.8 Å². The summed E-state index contributed by atoms with van der Waals surface area (Å²) in [4.78, 5) is 30.6. The fraction of sp³-hybridized carbons (Fsp3) is 0.741. The molecule has 5 aliphatic rings. The summed E-state index contributed by atoms with van der Waals surface area (Å²) >= 11 is 0. The molecule has 1 aromatic rings. The number of hydrogen-bond acceptors (Lipinski definition) is 7. The smallest absolute Gasteiger partial charge is 0.306 e. The van der Waals surface area contributed by atoms with E-state index in [9.17, 15) is 14.7 Å². The van der Waals surface area contributed by atoms with Crippen molar-refractivity contribution in [2.45, 2.75) is 81.8 Å². The summed E-state index contributed by atoms with van der Waals surface area (Å²) in [6, 6.07) is 3.77. The number of pyridine rings is 1. The monoisotopic (exact) mass is 485 g/mol. The van der Waals surface area contributed by atoms with Gasteiger partial charge in [-0.1, -0.05) is 6.92 Å². The van der Waals surface area contributed by atoms with Crippen molar-refractivity contribution in [1.82, 2.24) is 15.6 Å². The molecular formula is C27H39N3O5. The van der Waals surface area contributed by atoms with E-state index in [1.807, 2.05) is 13.0 Å². The zero-order valence-electron chi connectivity index (χ0n) is 21.0. The molecule has 35 heavy (non-hydrogen) atoms. The third-order valence-corrected chi connectivity index (χ3v) is 8.81. The number of amides is 1. The minimum absolute atomic E-state index is 0.0891. The van der Waals surface area contributed by atoms with Gasteiger partial charge in [0.1, 0.15) is 5.56 Å². The molecule has 3 N–H and O–H groups in total. The Hall–Kier alpha value is -2.19. The number of esters is 1. The highest BCUT2D eigenvalue weighted by Crippen LogP contribution is 2.55. The summed E-state index contributed by atoms with van der Waals surface area (Å²) < 4.78 is 11.0. The Kier molecular flexibility index (Phi) is 6.79. The Morgan fingerprint density at radius 2 is 2.00 bits per heavy atom. The average Bonchev–Trinajstić information content (AvgIpc) is 2.84. The molecule has 2 unspecified atom stereocenters. The lowest BCUT2D eigenvalue weighted by Gasteiger charge is -2.58. The van der Waals surface area contributed by atoms with E-state index in [0.717, 1.165) is 63.6 Å². The number of nitrogens with one attached hydrogen (secondary N) is 2. The molecule has 192 valence electrons. The molecule has 1 amide bonds. The zero-order chi connectivity index (χ0) is 24.6. The van der Waals surface area contributed by atoms with Crippen LogP contribution in [0.5, 0.6) is 5.88 Å². The normalized spacial score (nSPS) is 35.5. The van der Waals surface area contributed by atoms with E-state index in [4.69, 9.17) is 14.5 Å². The molecule has 4 saturated carbocycles. The average molecular weight is 486 g/mol. The molecule has 4 bridgehead atoms. The molecular weight excluding hydrogens is 446 g/mol. The maximum atomic E-state index is 13.5. The number of aromatic nitrogens is 1. The third-order valence-electron chi connectivity index (χ3n) is 8.81. The molecule has 2 heterocycles. The molecule has 0 radical (unpaired) electrons. The Balaban J connectivity index is 1.40. The number of nitrogens with zero attached hydrogens (tertiary/aromatic N) is 1. The van der Waals surface area contributed by atoms with Crippen LogP contribution in [0, 0.1) is 17.8 Å². The number of carbonyl (C=O) groups is 2. The minimum Gasteiger partial charge on any atom is -0.477 e. The molecule has 6 rings (SSSR count). The van der Waals surface area contributed by atoms with Gasteiger partial charge in [0.05, 0.1) is 31.4 Å². The third kappa shape index (κ3) is 4.79. The fourth-order valence-corrected chi connectivity index (χ4v) is 7.44. The second-order valence-corrected chi connectivity index (χ2v) is 11.4. The van der Waals surface area contributed by atoms with E-state index >= 15 is 0 Å². The number of carbonyl (C=O) groups excluding carboxylic acids is 2. The van der Waals surface area contributed by atoms with Gasteiger partial charge in [0, 0.05) is 18.0 Å². The van der Waals surface area contributed by atoms with Crippen LogP contribution in [0.4, 0.5) is 0 Å². The summed E-state index contributed by atoms with van der Waals surface area (Å²) in [7, 11) is 1.41. The van der Waals surface area contributed by atoms with Crippen LogP contribution in [-0.4, -0.2) is 60.4 Å². The molecule has 4 aliphatic carbocycles. The molecule has 8 heteroatoms. The summed E-state index contributed by atoms with van der Waals surface area (Å²) in [5.41, 5.74) is 0.182. The lowest BCUT2D eigenvalue weighted by molar-refractivity contribution is -0.142. The molecule has 3 atom stereocenters. The van der Waals surface area contributed by atoms with Crippen molar-refractivity contribution in [3.8, 4) is 5.88 Å². The van der Waals surface area contributed by atoms with E-state index in [1.165, 1.54) is 7.11 Å². The van der Waals surface area contributed by atoms with Crippen LogP contribution in [0.15, 0.2) is 12.1 Å². The van der Waals surface area contributed by atoms with Crippen LogP contribution in [0.3, 0.4) is 0 Å². The minimum atomic E-state index is -0.529. The van der Waals surface area contributed by atoms with Crippen molar-refractivity contribution in [3.05, 3.63) is 23.4 Å². The molecule has 1 aliphatic heterocycles. The number of piperidine rings is 1. The van der Waals surface area contributed by atoms with E-state index in [1.54, 1.807) is 6.07 Å². The van der Waals surface area contributed by atoms with Crippen molar-refractivity contribution in [3.63, 3.8) is 0 Å². The molecule has 0 spiro atoms. The molecule has 0 aromatic carbocycles. The predicted octanol–water partition coefficient (Wildman–Crippen LogP) is 2.72. The second kappa shape index (κ2) is 9.69. The highest BCUT2D eigenvalue weighted by atomic mass is 16.5. The summed E-state index contributed by atoms with van der Waals surface area (Å²) in [6.07, 6.45) is 7.44. The highest BCUT2D eigenvalue weighted by molar-refractivity contribution is 5.96. The van der Waals surface area contributed by atoms with E-state index in [0.29, 0.717) is 42.3 Å². The first-order valence-corrected chi connectivity index (χ1v) is 13.3. The van der Waals surface area contributed by atoms with Gasteiger partial charge in [-0.25, -0.2) is 4.98 Å². The van der Waals surface area contributed by atoms with Crippen LogP contribution in [-0.2, 0) is 14.9 Å². The zero-order valence-corrected chi connectivity index (χ0v) is 21.0. The predicted molar refractivity (Wildman–Crippen MR) is 130 cm³/mol. The van der Waals surface area contributed by atoms with Crippen molar-refractivity contribution in [1.29, 1.82) is 0 Å². The van der Waals surface area contributed by atoms with Crippen LogP contribution in [0.1, 0.15) is 80.8 Å². The maximum Gasteiger partial charge on any atom is 0.306 e. The van der Waals surface area contributed by atoms with Gasteiger partial charge in [-0.2, -0.15) is 0 Å². The lowest BCUT2D eigenvalue weighted by Crippen LogP contribution is -2.61. The lowest BCUT2D eigenvalue weighted by atomic mass is 9.52. The van der Waals surface area contributed by atoms with Gasteiger partial charge < -0.3 is 25.2 Å².